The summed E-state index contributed by atoms with van der Waals surface area (Å²) in [6.45, 7) is 4.55. The number of carbonyl (C=O) groups excluding carboxylic acids is 1. The summed E-state index contributed by atoms with van der Waals surface area (Å²) in [5, 5.41) is 1.85. The lowest BCUT2D eigenvalue weighted by Crippen LogP contribution is -3.00. The number of benzene rings is 2. The molecule has 0 amide bonds. The number of hydrogen-bond donors (Lipinski definition) is 0. The summed E-state index contributed by atoms with van der Waals surface area (Å²) in [5.41, 5.74) is 3.11. The molecule has 0 unspecified atom stereocenters. The molecular formula is C20H19BrClNOS. The average Bonchev–Trinajstić information content (AvgIpc) is 2.84. The Morgan fingerprint density at radius 3 is 2.36 bits per heavy atom. The zero-order chi connectivity index (χ0) is 17.1. The Bertz CT molecular complexity index is 859. The molecule has 0 aliphatic carbocycles. The molecule has 0 N–H and O–H groups in total. The molecule has 1 aromatic heterocycles. The number of Topliss-reactive ketones (excluding diaryl/α,β-unsaturated/α-hetero) is 1. The molecule has 1 heterocycles. The van der Waals surface area contributed by atoms with Crippen LogP contribution in [0.1, 0.15) is 31.5 Å². The first kappa shape index (κ1) is 19.8. The number of halogens is 2. The van der Waals surface area contributed by atoms with Gasteiger partial charge in [-0.1, -0.05) is 41.9 Å². The second-order valence-corrected chi connectivity index (χ2v) is 7.54. The van der Waals surface area contributed by atoms with Crippen LogP contribution in [0.4, 0.5) is 0 Å². The van der Waals surface area contributed by atoms with Crippen molar-refractivity contribution in [3.05, 3.63) is 86.3 Å². The van der Waals surface area contributed by atoms with Crippen LogP contribution in [-0.4, -0.2) is 10.4 Å². The van der Waals surface area contributed by atoms with Gasteiger partial charge >= 0.3 is 0 Å². The van der Waals surface area contributed by atoms with Crippen molar-refractivity contribution >= 4 is 28.7 Å². The van der Waals surface area contributed by atoms with E-state index in [1.54, 1.807) is 35.6 Å². The van der Waals surface area contributed by atoms with Crippen molar-refractivity contribution in [1.29, 1.82) is 0 Å². The van der Waals surface area contributed by atoms with Crippen molar-refractivity contribution in [1.82, 2.24) is 4.57 Å². The molecule has 0 bridgehead atoms. The Kier molecular flexibility index (Phi) is 6.94. The standard InChI is InChI=1S/C20H19ClNOS.BrH/c1-14-15(2)24-20(12-16-6-4-3-5-7-16)22(14)13-19(23)17-8-10-18(21)11-9-17;/h3-11H,12-13H2,1-2H3;1H/q+1;/p-1. The minimum Gasteiger partial charge on any atom is -1.00 e. The lowest BCUT2D eigenvalue weighted by atomic mass is 10.1. The summed E-state index contributed by atoms with van der Waals surface area (Å²) in [5.74, 6) is 0.104. The van der Waals surface area contributed by atoms with Gasteiger partial charge in [-0.25, -0.2) is 4.57 Å². The summed E-state index contributed by atoms with van der Waals surface area (Å²) in [4.78, 5) is 13.9. The smallest absolute Gasteiger partial charge is 0.185 e. The number of nitrogens with zero attached hydrogens (tertiary/aromatic N) is 1. The van der Waals surface area contributed by atoms with Crippen LogP contribution in [0.3, 0.4) is 0 Å². The minimum absolute atomic E-state index is 0. The molecule has 0 atom stereocenters. The Hall–Kier alpha value is -1.49. The van der Waals surface area contributed by atoms with Gasteiger partial charge in [-0.3, -0.25) is 4.79 Å². The van der Waals surface area contributed by atoms with Gasteiger partial charge in [0.15, 0.2) is 21.4 Å². The van der Waals surface area contributed by atoms with Gasteiger partial charge in [0.25, 0.3) is 0 Å². The summed E-state index contributed by atoms with van der Waals surface area (Å²) in [6, 6.07) is 17.5. The predicted molar refractivity (Wildman–Crippen MR) is 101 cm³/mol. The topological polar surface area (TPSA) is 22.0 Å². The van der Waals surface area contributed by atoms with Crippen LogP contribution in [0.2, 0.25) is 5.02 Å². The van der Waals surface area contributed by atoms with Gasteiger partial charge in [-0.05, 0) is 29.8 Å². The third-order valence-corrected chi connectivity index (χ3v) is 5.61. The van der Waals surface area contributed by atoms with Gasteiger partial charge in [0.1, 0.15) is 6.54 Å². The van der Waals surface area contributed by atoms with Crippen molar-refractivity contribution in [2.45, 2.75) is 26.8 Å². The fourth-order valence-electron chi connectivity index (χ4n) is 2.66. The second-order valence-electron chi connectivity index (χ2n) is 5.82. The van der Waals surface area contributed by atoms with E-state index in [1.165, 1.54) is 15.4 Å². The van der Waals surface area contributed by atoms with Gasteiger partial charge in [0.05, 0.1) is 6.42 Å². The Morgan fingerprint density at radius 1 is 1.08 bits per heavy atom. The van der Waals surface area contributed by atoms with E-state index in [4.69, 9.17) is 11.6 Å². The molecule has 130 valence electrons. The number of aromatic nitrogens is 1. The minimum atomic E-state index is 0. The molecule has 0 saturated carbocycles. The van der Waals surface area contributed by atoms with E-state index >= 15 is 0 Å². The third kappa shape index (κ3) is 4.78. The molecule has 5 heteroatoms. The van der Waals surface area contributed by atoms with E-state index in [9.17, 15) is 4.79 Å². The highest BCUT2D eigenvalue weighted by molar-refractivity contribution is 7.11. The lowest BCUT2D eigenvalue weighted by Gasteiger charge is -2.05. The van der Waals surface area contributed by atoms with E-state index in [0.29, 0.717) is 17.1 Å². The highest BCUT2D eigenvalue weighted by Gasteiger charge is 2.22. The number of thiazole rings is 1. The number of aryl methyl sites for hydroxylation is 1. The highest BCUT2D eigenvalue weighted by atomic mass is 79.9. The summed E-state index contributed by atoms with van der Waals surface area (Å²) in [7, 11) is 0. The van der Waals surface area contributed by atoms with Gasteiger partial charge in [0.2, 0.25) is 0 Å². The zero-order valence-corrected chi connectivity index (χ0v) is 17.3. The van der Waals surface area contributed by atoms with Gasteiger partial charge in [0, 0.05) is 35.8 Å². The fraction of sp³-hybridized carbons (Fsp3) is 0.200. The van der Waals surface area contributed by atoms with Crippen molar-refractivity contribution in [2.24, 2.45) is 0 Å². The number of carbonyl (C=O) groups is 1. The Labute approximate surface area is 167 Å². The van der Waals surface area contributed by atoms with Crippen molar-refractivity contribution < 1.29 is 21.8 Å². The van der Waals surface area contributed by atoms with Gasteiger partial charge in [-0.15, -0.1) is 0 Å². The molecule has 2 aromatic carbocycles. The zero-order valence-electron chi connectivity index (χ0n) is 14.1. The molecule has 0 spiro atoms. The van der Waals surface area contributed by atoms with Crippen LogP contribution in [-0.2, 0) is 13.0 Å². The normalized spacial score (nSPS) is 10.4. The van der Waals surface area contributed by atoms with E-state index in [1.807, 2.05) is 18.2 Å². The van der Waals surface area contributed by atoms with Crippen LogP contribution in [0, 0.1) is 13.8 Å². The molecule has 25 heavy (non-hydrogen) atoms. The molecule has 0 fully saturated rings. The van der Waals surface area contributed by atoms with E-state index in [-0.39, 0.29) is 22.8 Å². The monoisotopic (exact) mass is 435 g/mol. The molecule has 0 radical (unpaired) electrons. The second kappa shape index (κ2) is 8.75. The van der Waals surface area contributed by atoms with Crippen molar-refractivity contribution in [3.8, 4) is 0 Å². The first-order chi connectivity index (χ1) is 11.5. The largest absolute Gasteiger partial charge is 1.00 e. The van der Waals surface area contributed by atoms with Crippen LogP contribution < -0.4 is 17.0 Å². The highest BCUT2D eigenvalue weighted by Crippen LogP contribution is 2.25. The molecular weight excluding hydrogens is 418 g/mol. The first-order valence-electron chi connectivity index (χ1n) is 7.86. The molecule has 0 saturated heterocycles. The van der Waals surface area contributed by atoms with E-state index in [2.05, 4.69) is 30.5 Å². The number of ketones is 1. The summed E-state index contributed by atoms with van der Waals surface area (Å²) in [6.07, 6.45) is 0.841. The van der Waals surface area contributed by atoms with Crippen LogP contribution >= 0.6 is 22.9 Å². The molecule has 0 aliphatic rings. The summed E-state index contributed by atoms with van der Waals surface area (Å²) >= 11 is 7.67. The maximum Gasteiger partial charge on any atom is 0.185 e. The lowest BCUT2D eigenvalue weighted by molar-refractivity contribution is -0.0000127. The molecule has 3 aromatic rings. The van der Waals surface area contributed by atoms with Crippen molar-refractivity contribution in [2.75, 3.05) is 0 Å². The van der Waals surface area contributed by atoms with E-state index in [0.717, 1.165) is 12.1 Å². The van der Waals surface area contributed by atoms with Crippen LogP contribution in [0.15, 0.2) is 54.6 Å². The Balaban J connectivity index is 0.00000225. The maximum atomic E-state index is 12.6. The van der Waals surface area contributed by atoms with Crippen molar-refractivity contribution in [3.63, 3.8) is 0 Å². The molecule has 3 rings (SSSR count). The number of rotatable bonds is 5. The Morgan fingerprint density at radius 2 is 1.72 bits per heavy atom. The SMILES string of the molecule is Cc1s[c+](Cc2ccccc2)n(CC(=O)c2ccc(Cl)cc2)c1C.[Br-]. The van der Waals surface area contributed by atoms with Crippen LogP contribution in [0.5, 0.6) is 0 Å². The molecule has 2 nitrogen and oxygen atoms in total. The van der Waals surface area contributed by atoms with Gasteiger partial charge < -0.3 is 17.0 Å². The fourth-order valence-corrected chi connectivity index (χ4v) is 3.95. The molecule has 0 aliphatic heterocycles. The predicted octanol–water partition coefficient (Wildman–Crippen LogP) is 2.58. The van der Waals surface area contributed by atoms with E-state index < -0.39 is 0 Å². The average molecular weight is 437 g/mol. The number of hydrogen-bond acceptors (Lipinski definition) is 2. The van der Waals surface area contributed by atoms with Crippen LogP contribution in [0.25, 0.3) is 0 Å². The maximum absolute atomic E-state index is 12.6. The quantitative estimate of drug-likeness (QED) is 0.445. The summed E-state index contributed by atoms with van der Waals surface area (Å²) < 4.78 is 2.14. The first-order valence-corrected chi connectivity index (χ1v) is 9.05. The third-order valence-electron chi connectivity index (χ3n) is 4.15. The van der Waals surface area contributed by atoms with Gasteiger partial charge in [-0.2, -0.15) is 0 Å².